The summed E-state index contributed by atoms with van der Waals surface area (Å²) in [6.07, 6.45) is -3.40. The van der Waals surface area contributed by atoms with Crippen molar-refractivity contribution in [2.75, 3.05) is 26.2 Å². The van der Waals surface area contributed by atoms with Crippen LogP contribution in [0.4, 0.5) is 0 Å². The molecule has 0 aliphatic carbocycles. The second-order valence-corrected chi connectivity index (χ2v) is 12.4. The van der Waals surface area contributed by atoms with Gasteiger partial charge in [-0.2, -0.15) is 0 Å². The second kappa shape index (κ2) is 14.3. The minimum absolute atomic E-state index is 0.161. The topological polar surface area (TPSA) is 154 Å². The first-order valence-electron chi connectivity index (χ1n) is 16.1. The molecule has 3 aromatic carbocycles. The van der Waals surface area contributed by atoms with E-state index in [0.29, 0.717) is 13.2 Å². The summed E-state index contributed by atoms with van der Waals surface area (Å²) in [6, 6.07) is 20.4. The van der Waals surface area contributed by atoms with Crippen molar-refractivity contribution in [3.05, 3.63) is 77.9 Å². The summed E-state index contributed by atoms with van der Waals surface area (Å²) in [5.74, 6) is -0.207. The highest BCUT2D eigenvalue weighted by atomic mass is 16.7. The fraction of sp³-hybridized carbons (Fsp3) is 0.417. The molecule has 2 aliphatic rings. The number of hydrogen-bond donors (Lipinski definition) is 5. The Morgan fingerprint density at radius 1 is 0.872 bits per heavy atom. The summed E-state index contributed by atoms with van der Waals surface area (Å²) in [6.45, 7) is 6.38. The molecule has 1 unspecified atom stereocenters. The van der Waals surface area contributed by atoms with Gasteiger partial charge in [0.1, 0.15) is 42.2 Å². The number of carboxylic acids is 1. The number of carboxylic acid groups (broad SMARTS) is 1. The van der Waals surface area contributed by atoms with E-state index in [9.17, 15) is 30.3 Å². The predicted molar refractivity (Wildman–Crippen MR) is 175 cm³/mol. The summed E-state index contributed by atoms with van der Waals surface area (Å²) in [7, 11) is 0. The number of aromatic hydroxyl groups is 1. The SMILES string of the molecule is Cc1c(-c2ccc(O)cc2)n(Cc2ccc(OCCN3CCCCCC3)cc2)c2ccc(OC3O[C@H](C(=O)O)[C@@H](O)[C@H](O)[C@H]3O)cc12. The largest absolute Gasteiger partial charge is 0.508 e. The zero-order chi connectivity index (χ0) is 33.1. The van der Waals surface area contributed by atoms with E-state index in [1.54, 1.807) is 24.3 Å². The van der Waals surface area contributed by atoms with Gasteiger partial charge in [-0.15, -0.1) is 0 Å². The van der Waals surface area contributed by atoms with Crippen molar-refractivity contribution in [1.29, 1.82) is 0 Å². The number of aliphatic hydroxyl groups is 3. The molecule has 2 aliphatic heterocycles. The zero-order valence-electron chi connectivity index (χ0n) is 26.4. The van der Waals surface area contributed by atoms with E-state index in [1.165, 1.54) is 25.7 Å². The molecular formula is C36H42N2O9. The third-order valence-electron chi connectivity index (χ3n) is 9.13. The molecule has 6 rings (SSSR count). The van der Waals surface area contributed by atoms with Crippen LogP contribution in [0.1, 0.15) is 36.8 Å². The van der Waals surface area contributed by atoms with Gasteiger partial charge in [0.2, 0.25) is 6.29 Å². The number of likely N-dealkylation sites (tertiary alicyclic amines) is 1. The fourth-order valence-corrected chi connectivity index (χ4v) is 6.54. The summed E-state index contributed by atoms with van der Waals surface area (Å²) < 4.78 is 19.4. The molecule has 0 bridgehead atoms. The Kier molecular flexibility index (Phi) is 10.00. The number of hydrogen-bond acceptors (Lipinski definition) is 9. The standard InChI is InChI=1S/C36H42N2O9/c1-22-28-20-27(46-36-33(42)31(40)32(41)34(47-36)35(43)44)14-15-29(28)38(30(22)24-8-10-25(39)11-9-24)21-23-6-12-26(13-7-23)45-19-18-37-16-4-2-3-5-17-37/h6-15,20,31-34,36,39-42H,2-5,16-19,21H2,1H3,(H,43,44)/t31-,32-,33+,34-,36?/m0/s1. The monoisotopic (exact) mass is 646 g/mol. The van der Waals surface area contributed by atoms with Crippen LogP contribution in [0.25, 0.3) is 22.2 Å². The highest BCUT2D eigenvalue weighted by Crippen LogP contribution is 2.37. The third-order valence-corrected chi connectivity index (χ3v) is 9.13. The lowest BCUT2D eigenvalue weighted by Gasteiger charge is -2.38. The first-order chi connectivity index (χ1) is 22.7. The smallest absolute Gasteiger partial charge is 0.335 e. The van der Waals surface area contributed by atoms with Crippen LogP contribution in [0.3, 0.4) is 0 Å². The number of aryl methyl sites for hydroxylation is 1. The van der Waals surface area contributed by atoms with Crippen LogP contribution in [0.5, 0.6) is 17.2 Å². The quantitative estimate of drug-likeness (QED) is 0.171. The average Bonchev–Trinajstić information content (AvgIpc) is 3.19. The van der Waals surface area contributed by atoms with Crippen molar-refractivity contribution in [3.8, 4) is 28.5 Å². The minimum Gasteiger partial charge on any atom is -0.508 e. The van der Waals surface area contributed by atoms with Gasteiger partial charge in [0.15, 0.2) is 6.10 Å². The Morgan fingerprint density at radius 2 is 1.55 bits per heavy atom. The van der Waals surface area contributed by atoms with Gasteiger partial charge in [-0.3, -0.25) is 4.90 Å². The Hall–Kier alpha value is -4.13. The number of carbonyl (C=O) groups is 1. The van der Waals surface area contributed by atoms with Crippen LogP contribution >= 0.6 is 0 Å². The molecule has 250 valence electrons. The molecule has 5 N–H and O–H groups in total. The van der Waals surface area contributed by atoms with E-state index in [4.69, 9.17) is 14.2 Å². The first-order valence-corrected chi connectivity index (χ1v) is 16.1. The van der Waals surface area contributed by atoms with E-state index in [0.717, 1.165) is 58.7 Å². The van der Waals surface area contributed by atoms with Gasteiger partial charge in [0, 0.05) is 24.0 Å². The van der Waals surface area contributed by atoms with Gasteiger partial charge >= 0.3 is 5.97 Å². The maximum Gasteiger partial charge on any atom is 0.335 e. The van der Waals surface area contributed by atoms with Crippen molar-refractivity contribution >= 4 is 16.9 Å². The van der Waals surface area contributed by atoms with E-state index >= 15 is 0 Å². The number of rotatable bonds is 10. The normalized spacial score (nSPS) is 23.8. The van der Waals surface area contributed by atoms with Crippen LogP contribution in [-0.2, 0) is 16.1 Å². The minimum atomic E-state index is -1.81. The number of aromatic nitrogens is 1. The maximum absolute atomic E-state index is 11.6. The highest BCUT2D eigenvalue weighted by molar-refractivity contribution is 5.92. The number of aliphatic hydroxyl groups excluding tert-OH is 3. The number of phenolic OH excluding ortho intramolecular Hbond substituents is 1. The fourth-order valence-electron chi connectivity index (χ4n) is 6.54. The summed E-state index contributed by atoms with van der Waals surface area (Å²) in [5, 5.41) is 50.9. The molecule has 2 fully saturated rings. The van der Waals surface area contributed by atoms with Gasteiger partial charge < -0.3 is 44.3 Å². The lowest BCUT2D eigenvalue weighted by atomic mass is 9.99. The Bertz CT molecular complexity index is 1660. The van der Waals surface area contributed by atoms with Gasteiger partial charge in [-0.05, 0) is 104 Å². The number of ether oxygens (including phenoxy) is 3. The molecule has 47 heavy (non-hydrogen) atoms. The van der Waals surface area contributed by atoms with Crippen LogP contribution in [0, 0.1) is 6.92 Å². The molecule has 0 radical (unpaired) electrons. The Balaban J connectivity index is 1.24. The van der Waals surface area contributed by atoms with Crippen LogP contribution in [0.2, 0.25) is 0 Å². The number of aliphatic carboxylic acids is 1. The second-order valence-electron chi connectivity index (χ2n) is 12.4. The highest BCUT2D eigenvalue weighted by Gasteiger charge is 2.48. The lowest BCUT2D eigenvalue weighted by molar-refractivity contribution is -0.271. The molecule has 2 saturated heterocycles. The molecule has 4 aromatic rings. The van der Waals surface area contributed by atoms with Crippen molar-refractivity contribution in [3.63, 3.8) is 0 Å². The predicted octanol–water partition coefficient (Wildman–Crippen LogP) is 3.90. The van der Waals surface area contributed by atoms with E-state index in [1.807, 2.05) is 37.3 Å². The Morgan fingerprint density at radius 3 is 2.23 bits per heavy atom. The average molecular weight is 647 g/mol. The van der Waals surface area contributed by atoms with Gasteiger partial charge in [0.05, 0.1) is 5.69 Å². The summed E-state index contributed by atoms with van der Waals surface area (Å²) in [5.41, 5.74) is 4.75. The molecule has 0 spiro atoms. The summed E-state index contributed by atoms with van der Waals surface area (Å²) in [4.78, 5) is 14.0. The van der Waals surface area contributed by atoms with Crippen molar-refractivity contribution in [1.82, 2.24) is 9.47 Å². The molecule has 11 nitrogen and oxygen atoms in total. The zero-order valence-corrected chi connectivity index (χ0v) is 26.4. The lowest BCUT2D eigenvalue weighted by Crippen LogP contribution is -2.61. The number of fused-ring (bicyclic) bond motifs is 1. The first kappa shape index (κ1) is 32.8. The number of nitrogens with zero attached hydrogens (tertiary/aromatic N) is 2. The molecule has 11 heteroatoms. The molecule has 1 aromatic heterocycles. The van der Waals surface area contributed by atoms with Crippen LogP contribution < -0.4 is 9.47 Å². The maximum atomic E-state index is 11.6. The van der Waals surface area contributed by atoms with Crippen LogP contribution in [0.15, 0.2) is 66.7 Å². The van der Waals surface area contributed by atoms with Crippen molar-refractivity contribution in [2.45, 2.75) is 69.9 Å². The molecular weight excluding hydrogens is 604 g/mol. The van der Waals surface area contributed by atoms with E-state index < -0.39 is 36.7 Å². The van der Waals surface area contributed by atoms with Crippen molar-refractivity contribution in [2.24, 2.45) is 0 Å². The third kappa shape index (κ3) is 7.24. The number of phenols is 1. The van der Waals surface area contributed by atoms with E-state index in [-0.39, 0.29) is 11.5 Å². The van der Waals surface area contributed by atoms with E-state index in [2.05, 4.69) is 21.6 Å². The van der Waals surface area contributed by atoms with Gasteiger partial charge in [-0.25, -0.2) is 4.79 Å². The molecule has 5 atom stereocenters. The summed E-state index contributed by atoms with van der Waals surface area (Å²) >= 11 is 0. The van der Waals surface area contributed by atoms with Crippen LogP contribution in [-0.4, -0.2) is 97.9 Å². The molecule has 0 amide bonds. The van der Waals surface area contributed by atoms with Gasteiger partial charge in [0.25, 0.3) is 0 Å². The number of benzene rings is 3. The van der Waals surface area contributed by atoms with Crippen molar-refractivity contribution < 1.29 is 44.5 Å². The Labute approximate surface area is 273 Å². The molecule has 0 saturated carbocycles. The van der Waals surface area contributed by atoms with Gasteiger partial charge in [-0.1, -0.05) is 25.0 Å². The molecule has 3 heterocycles.